The molecular weight excluding hydrogens is 433 g/mol. The van der Waals surface area contributed by atoms with Crippen molar-refractivity contribution in [2.45, 2.75) is 19.8 Å². The van der Waals surface area contributed by atoms with Gasteiger partial charge in [0.25, 0.3) is 5.89 Å². The Hall–Kier alpha value is -2.99. The molecule has 8 nitrogen and oxygen atoms in total. The molecule has 4 aromatic rings. The van der Waals surface area contributed by atoms with Gasteiger partial charge in [0.05, 0.1) is 6.54 Å². The highest BCUT2D eigenvalue weighted by Crippen LogP contribution is 2.26. The molecule has 0 saturated carbocycles. The minimum Gasteiger partial charge on any atom is -0.406 e. The summed E-state index contributed by atoms with van der Waals surface area (Å²) < 4.78 is 47.8. The molecule has 0 fully saturated rings. The third-order valence-electron chi connectivity index (χ3n) is 3.65. The van der Waals surface area contributed by atoms with Gasteiger partial charge >= 0.3 is 6.36 Å². The average molecular weight is 443 g/mol. The van der Waals surface area contributed by atoms with Crippen LogP contribution in [0.5, 0.6) is 5.75 Å². The lowest BCUT2D eigenvalue weighted by Crippen LogP contribution is -2.16. The van der Waals surface area contributed by atoms with Gasteiger partial charge in [-0.2, -0.15) is 4.98 Å². The summed E-state index contributed by atoms with van der Waals surface area (Å²) in [5, 5.41) is 8.18. The fraction of sp³-hybridized carbons (Fsp3) is 0.188. The SMILES string of the molecule is Cc1nc(-c2nc(-c3ccc(OC(F)(F)F)cc3)no2)nn1Cc1cnc(Cl)s1. The fourth-order valence-corrected chi connectivity index (χ4v) is 3.36. The zero-order valence-electron chi connectivity index (χ0n) is 14.5. The van der Waals surface area contributed by atoms with Crippen LogP contribution in [0.4, 0.5) is 13.2 Å². The average Bonchev–Trinajstić information content (AvgIpc) is 3.36. The number of alkyl halides is 3. The summed E-state index contributed by atoms with van der Waals surface area (Å²) in [5.41, 5.74) is 0.449. The molecule has 0 aliphatic carbocycles. The lowest BCUT2D eigenvalue weighted by atomic mass is 10.2. The van der Waals surface area contributed by atoms with Crippen molar-refractivity contribution in [2.75, 3.05) is 0 Å². The molecule has 0 bridgehead atoms. The van der Waals surface area contributed by atoms with Crippen molar-refractivity contribution in [3.63, 3.8) is 0 Å². The predicted molar refractivity (Wildman–Crippen MR) is 96.4 cm³/mol. The van der Waals surface area contributed by atoms with Gasteiger partial charge in [-0.1, -0.05) is 16.8 Å². The quantitative estimate of drug-likeness (QED) is 0.453. The molecule has 1 aromatic carbocycles. The van der Waals surface area contributed by atoms with E-state index in [9.17, 15) is 13.2 Å². The molecule has 0 aliphatic rings. The van der Waals surface area contributed by atoms with E-state index < -0.39 is 6.36 Å². The number of hydrogen-bond acceptors (Lipinski definition) is 8. The summed E-state index contributed by atoms with van der Waals surface area (Å²) in [6, 6.07) is 5.10. The van der Waals surface area contributed by atoms with Crippen LogP contribution in [0, 0.1) is 6.92 Å². The van der Waals surface area contributed by atoms with E-state index in [0.29, 0.717) is 22.4 Å². The Balaban J connectivity index is 1.52. The Bertz CT molecular complexity index is 1140. The predicted octanol–water partition coefficient (Wildman–Crippen LogP) is 4.36. The van der Waals surface area contributed by atoms with Gasteiger partial charge in [0.1, 0.15) is 11.6 Å². The van der Waals surface area contributed by atoms with E-state index in [1.165, 1.54) is 23.5 Å². The smallest absolute Gasteiger partial charge is 0.406 e. The van der Waals surface area contributed by atoms with E-state index in [2.05, 4.69) is 29.9 Å². The van der Waals surface area contributed by atoms with Crippen LogP contribution in [-0.2, 0) is 6.54 Å². The highest BCUT2D eigenvalue weighted by Gasteiger charge is 2.31. The minimum absolute atomic E-state index is 0.0832. The van der Waals surface area contributed by atoms with Crippen LogP contribution in [0.15, 0.2) is 35.0 Å². The van der Waals surface area contributed by atoms with Gasteiger partial charge in [0.2, 0.25) is 11.6 Å². The molecule has 0 unspecified atom stereocenters. The van der Waals surface area contributed by atoms with Crippen LogP contribution < -0.4 is 4.74 Å². The molecule has 29 heavy (non-hydrogen) atoms. The van der Waals surface area contributed by atoms with Crippen molar-refractivity contribution in [3.8, 4) is 28.9 Å². The van der Waals surface area contributed by atoms with Gasteiger partial charge < -0.3 is 9.26 Å². The molecular formula is C16H10ClF3N6O2S. The second-order valence-electron chi connectivity index (χ2n) is 5.72. The van der Waals surface area contributed by atoms with E-state index in [-0.39, 0.29) is 23.3 Å². The topological polar surface area (TPSA) is 91.8 Å². The van der Waals surface area contributed by atoms with Crippen molar-refractivity contribution in [1.29, 1.82) is 0 Å². The number of halogens is 4. The Morgan fingerprint density at radius 3 is 2.59 bits per heavy atom. The van der Waals surface area contributed by atoms with Crippen molar-refractivity contribution in [2.24, 2.45) is 0 Å². The number of nitrogens with zero attached hydrogens (tertiary/aromatic N) is 6. The van der Waals surface area contributed by atoms with Gasteiger partial charge in [0.15, 0.2) is 4.47 Å². The first-order valence-corrected chi connectivity index (χ1v) is 9.18. The standard InChI is InChI=1S/C16H10ClF3N6O2S/c1-8-22-13(24-26(8)7-11-6-21-15(17)29-11)14-23-12(25-28-14)9-2-4-10(5-3-9)27-16(18,19)20/h2-6H,7H2,1H3. The zero-order chi connectivity index (χ0) is 20.6. The molecule has 150 valence electrons. The molecule has 0 saturated heterocycles. The molecule has 0 spiro atoms. The van der Waals surface area contributed by atoms with Gasteiger partial charge in [-0.15, -0.1) is 29.6 Å². The maximum atomic E-state index is 12.2. The zero-order valence-corrected chi connectivity index (χ0v) is 16.1. The van der Waals surface area contributed by atoms with Gasteiger partial charge in [-0.3, -0.25) is 0 Å². The third kappa shape index (κ3) is 4.54. The summed E-state index contributed by atoms with van der Waals surface area (Å²) in [6.45, 7) is 2.21. The van der Waals surface area contributed by atoms with Gasteiger partial charge in [0, 0.05) is 16.6 Å². The monoisotopic (exact) mass is 442 g/mol. The van der Waals surface area contributed by atoms with Crippen molar-refractivity contribution in [3.05, 3.63) is 45.6 Å². The number of hydrogen-bond donors (Lipinski definition) is 0. The molecule has 3 aromatic heterocycles. The third-order valence-corrected chi connectivity index (χ3v) is 4.75. The van der Waals surface area contributed by atoms with Crippen LogP contribution in [-0.4, -0.2) is 36.3 Å². The maximum Gasteiger partial charge on any atom is 0.573 e. The van der Waals surface area contributed by atoms with Crippen LogP contribution in [0.3, 0.4) is 0 Å². The fourth-order valence-electron chi connectivity index (χ4n) is 2.40. The highest BCUT2D eigenvalue weighted by molar-refractivity contribution is 7.15. The summed E-state index contributed by atoms with van der Waals surface area (Å²) in [6.07, 6.45) is -3.10. The highest BCUT2D eigenvalue weighted by atomic mass is 35.5. The number of benzene rings is 1. The second kappa shape index (κ2) is 7.44. The molecule has 0 atom stereocenters. The number of aryl methyl sites for hydroxylation is 1. The normalized spacial score (nSPS) is 11.8. The Morgan fingerprint density at radius 2 is 1.93 bits per heavy atom. The number of rotatable bonds is 5. The van der Waals surface area contributed by atoms with Gasteiger partial charge in [-0.25, -0.2) is 14.6 Å². The first-order chi connectivity index (χ1) is 13.8. The number of aromatic nitrogens is 6. The van der Waals surface area contributed by atoms with Crippen LogP contribution in [0.25, 0.3) is 23.1 Å². The second-order valence-corrected chi connectivity index (χ2v) is 7.41. The maximum absolute atomic E-state index is 12.2. The summed E-state index contributed by atoms with van der Waals surface area (Å²) in [4.78, 5) is 13.4. The molecule has 4 rings (SSSR count). The Kier molecular flexibility index (Phi) is 4.96. The van der Waals surface area contributed by atoms with E-state index in [1.54, 1.807) is 17.8 Å². The largest absolute Gasteiger partial charge is 0.573 e. The van der Waals surface area contributed by atoms with Crippen molar-refractivity contribution < 1.29 is 22.4 Å². The first kappa shape index (κ1) is 19.3. The van der Waals surface area contributed by atoms with Crippen LogP contribution in [0.1, 0.15) is 10.7 Å². The molecule has 0 amide bonds. The van der Waals surface area contributed by atoms with Gasteiger partial charge in [-0.05, 0) is 31.2 Å². The lowest BCUT2D eigenvalue weighted by Gasteiger charge is -2.08. The Labute approximate surface area is 169 Å². The van der Waals surface area contributed by atoms with E-state index in [4.69, 9.17) is 16.1 Å². The summed E-state index contributed by atoms with van der Waals surface area (Å²) in [5.74, 6) is 0.776. The molecule has 3 heterocycles. The Morgan fingerprint density at radius 1 is 1.17 bits per heavy atom. The van der Waals surface area contributed by atoms with E-state index in [0.717, 1.165) is 17.0 Å². The van der Waals surface area contributed by atoms with Crippen molar-refractivity contribution >= 4 is 22.9 Å². The molecule has 0 aliphatic heterocycles. The van der Waals surface area contributed by atoms with Crippen molar-refractivity contribution in [1.82, 2.24) is 29.9 Å². The summed E-state index contributed by atoms with van der Waals surface area (Å²) in [7, 11) is 0. The van der Waals surface area contributed by atoms with E-state index >= 15 is 0 Å². The van der Waals surface area contributed by atoms with Crippen LogP contribution >= 0.6 is 22.9 Å². The molecule has 0 N–H and O–H groups in total. The lowest BCUT2D eigenvalue weighted by molar-refractivity contribution is -0.274. The van der Waals surface area contributed by atoms with Crippen LogP contribution in [0.2, 0.25) is 4.47 Å². The number of ether oxygens (including phenoxy) is 1. The van der Waals surface area contributed by atoms with E-state index in [1.807, 2.05) is 0 Å². The molecule has 0 radical (unpaired) electrons. The minimum atomic E-state index is -4.76. The number of thiazole rings is 1. The first-order valence-electron chi connectivity index (χ1n) is 7.99. The molecule has 13 heteroatoms. The summed E-state index contributed by atoms with van der Waals surface area (Å²) >= 11 is 7.17.